The number of ether oxygens (including phenoxy) is 1. The highest BCUT2D eigenvalue weighted by atomic mass is 32.1. The Kier molecular flexibility index (Phi) is 5.70. The van der Waals surface area contributed by atoms with E-state index in [0.717, 1.165) is 0 Å². The first kappa shape index (κ1) is 14.6. The van der Waals surface area contributed by atoms with Gasteiger partial charge in [0.2, 0.25) is 0 Å². The van der Waals surface area contributed by atoms with Gasteiger partial charge < -0.3 is 20.5 Å². The summed E-state index contributed by atoms with van der Waals surface area (Å²) in [4.78, 5) is 27.2. The molecular weight excluding hydrogens is 258 g/mol. The zero-order valence-corrected chi connectivity index (χ0v) is 10.6. The summed E-state index contributed by atoms with van der Waals surface area (Å²) in [5.74, 6) is -0.929. The predicted octanol–water partition coefficient (Wildman–Crippen LogP) is 0.102. The van der Waals surface area contributed by atoms with Crippen LogP contribution in [0.5, 0.6) is 0 Å². The zero-order chi connectivity index (χ0) is 13.5. The van der Waals surface area contributed by atoms with Gasteiger partial charge in [-0.05, 0) is 18.6 Å². The van der Waals surface area contributed by atoms with Crippen molar-refractivity contribution in [3.63, 3.8) is 0 Å². The lowest BCUT2D eigenvalue weighted by Gasteiger charge is -2.37. The molecule has 0 bridgehead atoms. The molecule has 0 spiro atoms. The molecule has 0 aromatic rings. The minimum atomic E-state index is -0.929. The van der Waals surface area contributed by atoms with Gasteiger partial charge >= 0.3 is 12.0 Å². The minimum Gasteiger partial charge on any atom is -0.481 e. The van der Waals surface area contributed by atoms with Gasteiger partial charge in [-0.2, -0.15) is 0 Å². The number of carboxylic acid groups (broad SMARTS) is 1. The van der Waals surface area contributed by atoms with Crippen LogP contribution in [0.15, 0.2) is 4.99 Å². The van der Waals surface area contributed by atoms with E-state index in [0.29, 0.717) is 13.2 Å². The smallest absolute Gasteiger partial charge is 0.315 e. The van der Waals surface area contributed by atoms with Gasteiger partial charge in [0.15, 0.2) is 0 Å². The van der Waals surface area contributed by atoms with Crippen molar-refractivity contribution in [2.45, 2.75) is 24.9 Å². The summed E-state index contributed by atoms with van der Waals surface area (Å²) in [6, 6.07) is -1.40. The zero-order valence-electron chi connectivity index (χ0n) is 9.74. The second-order valence-electron chi connectivity index (χ2n) is 3.89. The molecule has 2 amide bonds. The number of rotatable bonds is 5. The Morgan fingerprint density at radius 3 is 2.94 bits per heavy atom. The number of nitrogens with two attached hydrogens (primary N) is 1. The summed E-state index contributed by atoms with van der Waals surface area (Å²) in [6.45, 7) is 1.05. The fourth-order valence-corrected chi connectivity index (χ4v) is 2.03. The molecule has 0 aromatic carbocycles. The SMILES string of the molecule is NC(=O)N1CCOCC1C(CCC(=O)O)N=C=S. The number of isothiocyanates is 1. The first-order chi connectivity index (χ1) is 8.56. The molecule has 100 valence electrons. The molecule has 2 unspecified atom stereocenters. The molecule has 0 aliphatic carbocycles. The quantitative estimate of drug-likeness (QED) is 0.546. The summed E-state index contributed by atoms with van der Waals surface area (Å²) < 4.78 is 5.28. The number of amides is 2. The molecule has 1 saturated heterocycles. The summed E-state index contributed by atoms with van der Waals surface area (Å²) in [7, 11) is 0. The van der Waals surface area contributed by atoms with Gasteiger partial charge in [-0.15, -0.1) is 0 Å². The molecule has 0 saturated carbocycles. The summed E-state index contributed by atoms with van der Waals surface area (Å²) >= 11 is 4.54. The van der Waals surface area contributed by atoms with Gasteiger partial charge in [-0.1, -0.05) is 0 Å². The van der Waals surface area contributed by atoms with Crippen molar-refractivity contribution in [3.8, 4) is 0 Å². The van der Waals surface area contributed by atoms with Crippen LogP contribution in [0.2, 0.25) is 0 Å². The van der Waals surface area contributed by atoms with Crippen LogP contribution in [-0.4, -0.2) is 59.0 Å². The van der Waals surface area contributed by atoms with E-state index in [1.807, 2.05) is 0 Å². The van der Waals surface area contributed by atoms with Crippen LogP contribution in [0.4, 0.5) is 4.79 Å². The highest BCUT2D eigenvalue weighted by Crippen LogP contribution is 2.17. The Labute approximate surface area is 110 Å². The normalized spacial score (nSPS) is 20.9. The van der Waals surface area contributed by atoms with E-state index in [4.69, 9.17) is 15.6 Å². The first-order valence-electron chi connectivity index (χ1n) is 5.49. The van der Waals surface area contributed by atoms with Gasteiger partial charge in [-0.25, -0.2) is 9.79 Å². The van der Waals surface area contributed by atoms with Crippen molar-refractivity contribution in [3.05, 3.63) is 0 Å². The molecule has 1 fully saturated rings. The summed E-state index contributed by atoms with van der Waals surface area (Å²) in [5, 5.41) is 10.9. The minimum absolute atomic E-state index is 0.0612. The number of carbonyl (C=O) groups excluding carboxylic acids is 1. The molecule has 7 nitrogen and oxygen atoms in total. The fraction of sp³-hybridized carbons (Fsp3) is 0.700. The molecule has 1 heterocycles. The second-order valence-corrected chi connectivity index (χ2v) is 4.08. The topological polar surface area (TPSA) is 105 Å². The van der Waals surface area contributed by atoms with Crippen molar-refractivity contribution < 1.29 is 19.4 Å². The number of nitrogens with zero attached hydrogens (tertiary/aromatic N) is 2. The van der Waals surface area contributed by atoms with Crippen molar-refractivity contribution in [2.24, 2.45) is 10.7 Å². The highest BCUT2D eigenvalue weighted by molar-refractivity contribution is 7.78. The third-order valence-corrected chi connectivity index (χ3v) is 2.87. The Balaban J connectivity index is 2.77. The molecule has 0 radical (unpaired) electrons. The Morgan fingerprint density at radius 1 is 1.67 bits per heavy atom. The number of carboxylic acids is 1. The number of morpholine rings is 1. The maximum atomic E-state index is 11.3. The maximum absolute atomic E-state index is 11.3. The van der Waals surface area contributed by atoms with E-state index >= 15 is 0 Å². The van der Waals surface area contributed by atoms with Crippen LogP contribution < -0.4 is 5.73 Å². The first-order valence-corrected chi connectivity index (χ1v) is 5.89. The van der Waals surface area contributed by atoms with Crippen LogP contribution in [0.25, 0.3) is 0 Å². The second kappa shape index (κ2) is 7.05. The number of aliphatic carboxylic acids is 1. The van der Waals surface area contributed by atoms with Gasteiger partial charge in [0.1, 0.15) is 0 Å². The molecular formula is C10H15N3O4S. The number of aliphatic imine (C=N–C) groups is 1. The van der Waals surface area contributed by atoms with Crippen molar-refractivity contribution in [1.29, 1.82) is 0 Å². The molecule has 2 atom stereocenters. The van der Waals surface area contributed by atoms with Crippen molar-refractivity contribution >= 4 is 29.4 Å². The Morgan fingerprint density at radius 2 is 2.39 bits per heavy atom. The number of hydrogen-bond donors (Lipinski definition) is 2. The molecule has 0 aromatic heterocycles. The van der Waals surface area contributed by atoms with Crippen LogP contribution in [0.1, 0.15) is 12.8 Å². The average molecular weight is 273 g/mol. The molecule has 1 aliphatic rings. The van der Waals surface area contributed by atoms with Gasteiger partial charge in [-0.3, -0.25) is 4.79 Å². The van der Waals surface area contributed by atoms with E-state index in [1.165, 1.54) is 4.90 Å². The van der Waals surface area contributed by atoms with Crippen molar-refractivity contribution in [1.82, 2.24) is 4.90 Å². The third-order valence-electron chi connectivity index (χ3n) is 2.77. The monoisotopic (exact) mass is 273 g/mol. The summed E-state index contributed by atoms with van der Waals surface area (Å²) in [6.07, 6.45) is 0.199. The van der Waals surface area contributed by atoms with Crippen molar-refractivity contribution in [2.75, 3.05) is 19.8 Å². The van der Waals surface area contributed by atoms with Crippen LogP contribution in [0, 0.1) is 0 Å². The standard InChI is InChI=1S/C10H15N3O4S/c11-10(16)13-3-4-17-5-8(13)7(12-6-18)1-2-9(14)15/h7-8H,1-5H2,(H2,11,16)(H,14,15). The molecule has 3 N–H and O–H groups in total. The average Bonchev–Trinajstić information content (AvgIpc) is 2.34. The number of urea groups is 1. The fourth-order valence-electron chi connectivity index (χ4n) is 1.90. The van der Waals surface area contributed by atoms with E-state index in [9.17, 15) is 9.59 Å². The van der Waals surface area contributed by atoms with Crippen LogP contribution >= 0.6 is 12.2 Å². The maximum Gasteiger partial charge on any atom is 0.315 e. The third kappa shape index (κ3) is 4.06. The van der Waals surface area contributed by atoms with E-state index in [1.54, 1.807) is 0 Å². The lowest BCUT2D eigenvalue weighted by molar-refractivity contribution is -0.137. The highest BCUT2D eigenvalue weighted by Gasteiger charge is 2.32. The molecule has 1 aliphatic heterocycles. The van der Waals surface area contributed by atoms with Crippen LogP contribution in [0.3, 0.4) is 0 Å². The number of carbonyl (C=O) groups is 2. The Hall–Kier alpha value is -1.50. The largest absolute Gasteiger partial charge is 0.481 e. The van der Waals surface area contributed by atoms with E-state index in [-0.39, 0.29) is 25.5 Å². The molecule has 1 rings (SSSR count). The summed E-state index contributed by atoms with van der Waals surface area (Å²) in [5.41, 5.74) is 5.27. The lowest BCUT2D eigenvalue weighted by Crippen LogP contribution is -2.55. The van der Waals surface area contributed by atoms with Gasteiger partial charge in [0.05, 0.1) is 30.5 Å². The number of thiocarbonyl (C=S) groups is 1. The van der Waals surface area contributed by atoms with E-state index < -0.39 is 18.0 Å². The van der Waals surface area contributed by atoms with E-state index in [2.05, 4.69) is 22.4 Å². The Bertz CT molecular complexity index is 370. The lowest BCUT2D eigenvalue weighted by atomic mass is 10.0. The van der Waals surface area contributed by atoms with Crippen LogP contribution in [-0.2, 0) is 9.53 Å². The molecule has 18 heavy (non-hydrogen) atoms. The van der Waals surface area contributed by atoms with Gasteiger partial charge in [0, 0.05) is 13.0 Å². The van der Waals surface area contributed by atoms with Gasteiger partial charge in [0.25, 0.3) is 0 Å². The molecule has 8 heteroatoms. The predicted molar refractivity (Wildman–Crippen MR) is 66.6 cm³/mol. The number of hydrogen-bond acceptors (Lipinski definition) is 5. The number of primary amides is 1.